The molecule has 0 aromatic heterocycles. The van der Waals surface area contributed by atoms with E-state index < -0.39 is 11.5 Å². The van der Waals surface area contributed by atoms with Crippen molar-refractivity contribution in [3.63, 3.8) is 0 Å². The maximum absolute atomic E-state index is 9.31. The van der Waals surface area contributed by atoms with E-state index in [2.05, 4.69) is 0 Å². The number of nitrogens with zero attached hydrogens (tertiary/aromatic N) is 5. The molecule has 6 nitrogen and oxygen atoms in total. The number of nitriles is 5. The van der Waals surface area contributed by atoms with Crippen LogP contribution in [0.4, 0.5) is 0 Å². The van der Waals surface area contributed by atoms with Gasteiger partial charge >= 0.3 is 51.4 Å². The van der Waals surface area contributed by atoms with Crippen molar-refractivity contribution < 1.29 is 56.1 Å². The minimum Gasteiger partial charge on any atom is -0.496 e. The number of para-hydroxylation sites is 1. The summed E-state index contributed by atoms with van der Waals surface area (Å²) in [7, 11) is 1.53. The van der Waals surface area contributed by atoms with Crippen LogP contribution in [0.15, 0.2) is 53.1 Å². The maximum Gasteiger partial charge on any atom is 1.00 e. The van der Waals surface area contributed by atoms with Crippen LogP contribution in [0, 0.1) is 62.6 Å². The van der Waals surface area contributed by atoms with Crippen LogP contribution in [-0.4, -0.2) is 7.11 Å². The van der Waals surface area contributed by atoms with Gasteiger partial charge in [-0.2, -0.15) is 0 Å². The molecule has 7 heteroatoms. The van der Waals surface area contributed by atoms with E-state index in [0.717, 1.165) is 5.56 Å². The fourth-order valence-electron chi connectivity index (χ4n) is 1.90. The summed E-state index contributed by atoms with van der Waals surface area (Å²) in [4.78, 5) is 0. The second-order valence-electron chi connectivity index (χ2n) is 4.37. The molecule has 26 heavy (non-hydrogen) atoms. The van der Waals surface area contributed by atoms with E-state index in [1.54, 1.807) is 48.6 Å². The average Bonchev–Trinajstić information content (AvgIpc) is 2.66. The molecule has 118 valence electrons. The molecule has 0 bridgehead atoms. The molecule has 0 radical (unpaired) electrons. The van der Waals surface area contributed by atoms with Crippen LogP contribution in [0.3, 0.4) is 0 Å². The van der Waals surface area contributed by atoms with Crippen LogP contribution in [-0.2, 0) is 0 Å². The zero-order valence-electron chi connectivity index (χ0n) is 14.2. The summed E-state index contributed by atoms with van der Waals surface area (Å²) in [6, 6.07) is 15.4. The normalized spacial score (nSPS) is 9.31. The zero-order chi connectivity index (χ0) is 18.7. The molecule has 0 atom stereocenters. The number of benzene rings is 1. The first-order valence-electron chi connectivity index (χ1n) is 6.80. The average molecular weight is 363 g/mol. The van der Waals surface area contributed by atoms with E-state index in [1.807, 2.05) is 12.1 Å². The second-order valence-corrected chi connectivity index (χ2v) is 4.37. The smallest absolute Gasteiger partial charge is 0.496 e. The fourth-order valence-corrected chi connectivity index (χ4v) is 1.90. The summed E-state index contributed by atoms with van der Waals surface area (Å²) < 4.78 is 5.20. The maximum atomic E-state index is 9.31. The Morgan fingerprint density at radius 3 is 2.12 bits per heavy atom. The topological polar surface area (TPSA) is 128 Å². The van der Waals surface area contributed by atoms with Crippen LogP contribution in [0.5, 0.6) is 5.75 Å². The monoisotopic (exact) mass is 363 g/mol. The molecule has 0 unspecified atom stereocenters. The van der Waals surface area contributed by atoms with Crippen LogP contribution in [0.25, 0.3) is 6.08 Å². The van der Waals surface area contributed by atoms with Crippen LogP contribution < -0.4 is 56.1 Å². The molecule has 0 saturated heterocycles. The molecule has 0 aliphatic carbocycles. The molecule has 0 heterocycles. The minimum atomic E-state index is -0.475. The van der Waals surface area contributed by atoms with E-state index in [1.165, 1.54) is 19.3 Å². The summed E-state index contributed by atoms with van der Waals surface area (Å²) in [5.74, 6) is 0.147. The molecule has 0 spiro atoms. The van der Waals surface area contributed by atoms with Gasteiger partial charge in [-0.05, 0) is 11.6 Å². The number of hydrogen-bond acceptors (Lipinski definition) is 6. The van der Waals surface area contributed by atoms with Crippen LogP contribution >= 0.6 is 0 Å². The van der Waals surface area contributed by atoms with Crippen molar-refractivity contribution in [3.05, 3.63) is 64.6 Å². The molecule has 0 aliphatic rings. The predicted molar refractivity (Wildman–Crippen MR) is 88.4 cm³/mol. The molecule has 0 aliphatic heterocycles. The molecule has 1 aromatic carbocycles. The molecule has 0 N–H and O–H groups in total. The van der Waals surface area contributed by atoms with Crippen molar-refractivity contribution in [2.24, 2.45) is 0 Å². The molecular weight excluding hydrogens is 353 g/mol. The Kier molecular flexibility index (Phi) is 11.2. The Labute approximate surface area is 194 Å². The molecule has 1 aromatic rings. The van der Waals surface area contributed by atoms with Crippen molar-refractivity contribution in [1.29, 1.82) is 26.3 Å². The predicted octanol–water partition coefficient (Wildman–Crippen LogP) is 0.128. The van der Waals surface area contributed by atoms with Gasteiger partial charge in [-0.3, -0.25) is 0 Å². The summed E-state index contributed by atoms with van der Waals surface area (Å²) in [5.41, 5.74) is -0.143. The van der Waals surface area contributed by atoms with Crippen molar-refractivity contribution in [1.82, 2.24) is 0 Å². The molecule has 0 fully saturated rings. The Morgan fingerprint density at radius 2 is 1.62 bits per heavy atom. The second kappa shape index (κ2) is 12.5. The number of rotatable bonds is 5. The Balaban J connectivity index is 0.00000625. The zero-order valence-corrected chi connectivity index (χ0v) is 17.3. The first kappa shape index (κ1) is 23.2. The van der Waals surface area contributed by atoms with Crippen molar-refractivity contribution in [2.75, 3.05) is 7.11 Å². The number of methoxy groups -OCH3 is 1. The van der Waals surface area contributed by atoms with E-state index in [9.17, 15) is 5.26 Å². The van der Waals surface area contributed by atoms with Gasteiger partial charge in [0.2, 0.25) is 0 Å². The van der Waals surface area contributed by atoms with E-state index in [0.29, 0.717) is 5.75 Å². The molecule has 0 saturated carbocycles. The van der Waals surface area contributed by atoms with Crippen LogP contribution in [0.1, 0.15) is 5.56 Å². The number of ether oxygens (including phenoxy) is 1. The quantitative estimate of drug-likeness (QED) is 0.316. The third-order valence-corrected chi connectivity index (χ3v) is 3.01. The van der Waals surface area contributed by atoms with E-state index in [-0.39, 0.29) is 62.5 Å². The SMILES string of the molecule is COc1ccccc1/C=C/C=C(\C#N)C(=C(C#N)C#N)[C-](C#N)C#N.[K+]. The van der Waals surface area contributed by atoms with Crippen molar-refractivity contribution in [2.45, 2.75) is 0 Å². The van der Waals surface area contributed by atoms with Gasteiger partial charge in [-0.15, -0.1) is 11.6 Å². The molecular formula is C19H10KN5O. The third kappa shape index (κ3) is 5.93. The Hall–Kier alpha value is -2.80. The first-order valence-corrected chi connectivity index (χ1v) is 6.80. The summed E-state index contributed by atoms with van der Waals surface area (Å²) in [6.45, 7) is 0. The van der Waals surface area contributed by atoms with E-state index in [4.69, 9.17) is 25.8 Å². The van der Waals surface area contributed by atoms with Crippen molar-refractivity contribution in [3.8, 4) is 36.1 Å². The largest absolute Gasteiger partial charge is 1.00 e. The summed E-state index contributed by atoms with van der Waals surface area (Å²) in [5, 5.41) is 45.4. The van der Waals surface area contributed by atoms with Gasteiger partial charge in [0, 0.05) is 47.4 Å². The standard InChI is InChI=1S/C19H10N5O.K/c1-25-18-8-3-2-5-14(18)6-4-7-15(9-20)19(16(10-21)11-22)17(12-23)13-24;/h2-8H,1H3;/q-1;+1/b6-4+,15-7+;. The summed E-state index contributed by atoms with van der Waals surface area (Å²) >= 11 is 0. The van der Waals surface area contributed by atoms with Gasteiger partial charge in [0.15, 0.2) is 0 Å². The van der Waals surface area contributed by atoms with Gasteiger partial charge in [0.1, 0.15) is 5.75 Å². The Morgan fingerprint density at radius 1 is 1.00 bits per heavy atom. The van der Waals surface area contributed by atoms with Gasteiger partial charge in [0.05, 0.1) is 7.11 Å². The van der Waals surface area contributed by atoms with E-state index >= 15 is 0 Å². The number of hydrogen-bond donors (Lipinski definition) is 0. The van der Waals surface area contributed by atoms with Gasteiger partial charge in [-0.25, -0.2) is 26.3 Å². The molecule has 0 amide bonds. The Bertz CT molecular complexity index is 926. The van der Waals surface area contributed by atoms with Gasteiger partial charge < -0.3 is 4.74 Å². The molecule has 1 rings (SSSR count). The van der Waals surface area contributed by atoms with Gasteiger partial charge in [0.25, 0.3) is 0 Å². The van der Waals surface area contributed by atoms with Gasteiger partial charge in [-0.1, -0.05) is 30.4 Å². The van der Waals surface area contributed by atoms with Crippen molar-refractivity contribution >= 4 is 6.08 Å². The first-order chi connectivity index (χ1) is 12.2. The summed E-state index contributed by atoms with van der Waals surface area (Å²) in [6.07, 6.45) is 4.49. The minimum absolute atomic E-state index is 0. The fraction of sp³-hybridized carbons (Fsp3) is 0.0526. The number of allylic oxidation sites excluding steroid dienone is 5. The van der Waals surface area contributed by atoms with Crippen LogP contribution in [0.2, 0.25) is 0 Å². The third-order valence-electron chi connectivity index (χ3n) is 3.01.